The molecule has 1 aliphatic carbocycles. The van der Waals surface area contributed by atoms with E-state index in [0.717, 1.165) is 90.8 Å². The largest absolute Gasteiger partial charge is 0.405 e. The monoisotopic (exact) mass is 592 g/mol. The fraction of sp³-hybridized carbons (Fsp3) is 0.412. The number of benzene rings is 1. The number of hydrogen-bond donors (Lipinski definition) is 5. The van der Waals surface area contributed by atoms with Crippen molar-refractivity contribution in [2.75, 3.05) is 31.3 Å². The number of nitrogens with one attached hydrogen (secondary N) is 3. The molecule has 1 atom stereocenters. The van der Waals surface area contributed by atoms with Crippen LogP contribution in [-0.4, -0.2) is 35.8 Å². The maximum Gasteiger partial charge on any atom is 0.0886 e. The van der Waals surface area contributed by atoms with Crippen LogP contribution in [0, 0.1) is 5.41 Å². The second kappa shape index (κ2) is 18.1. The smallest absolute Gasteiger partial charge is 0.0886 e. The summed E-state index contributed by atoms with van der Waals surface area (Å²) < 4.78 is 7.44. The van der Waals surface area contributed by atoms with Gasteiger partial charge in [0.1, 0.15) is 0 Å². The molecule has 7 nitrogen and oxygen atoms in total. The molecule has 1 heterocycles. The summed E-state index contributed by atoms with van der Waals surface area (Å²) >= 11 is 1.91. The molecule has 1 unspecified atom stereocenters. The standard InChI is InChI=1S/C32H47N5OS.C2H5N/c1-24-11-12-25(2)37(24)21-9-7-8-19-34-27(4)32(17-10-18-32)31(39-22-20-35-28(5)33)26(3)36-30-15-13-29(14-16-30)23-38-6;1-2-3/h11-16,31,34-36H,1-5,7-10,17-23,33H2,6H3;2H,1,3H2. The number of anilines is 1. The maximum absolute atomic E-state index is 5.72. The normalized spacial score (nSPS) is 13.9. The summed E-state index contributed by atoms with van der Waals surface area (Å²) in [6, 6.07) is 12.4. The molecule has 2 aromatic rings. The van der Waals surface area contributed by atoms with Crippen LogP contribution in [0.25, 0.3) is 13.2 Å². The Bertz CT molecular complexity index is 1220. The number of aromatic nitrogens is 1. The molecule has 1 aromatic heterocycles. The molecule has 0 radical (unpaired) electrons. The Morgan fingerprint density at radius 1 is 1.02 bits per heavy atom. The zero-order valence-corrected chi connectivity index (χ0v) is 26.4. The molecule has 1 fully saturated rings. The molecule has 42 heavy (non-hydrogen) atoms. The Labute approximate surface area is 257 Å². The first-order valence-electron chi connectivity index (χ1n) is 14.6. The zero-order chi connectivity index (χ0) is 31.0. The minimum absolute atomic E-state index is 0.0266. The highest BCUT2D eigenvalue weighted by molar-refractivity contribution is 8.00. The van der Waals surface area contributed by atoms with Gasteiger partial charge in [-0.05, 0) is 68.1 Å². The number of nitrogens with two attached hydrogens (primary N) is 2. The molecular weight excluding hydrogens is 540 g/mol. The minimum atomic E-state index is -0.0266. The Balaban J connectivity index is 0.00000197. The number of allylic oxidation sites excluding steroid dienone is 1. The van der Waals surface area contributed by atoms with Gasteiger partial charge >= 0.3 is 0 Å². The average Bonchev–Trinajstić information content (AvgIpc) is 3.25. The molecule has 1 saturated carbocycles. The maximum atomic E-state index is 5.72. The first kappa shape index (κ1) is 34.7. The lowest BCUT2D eigenvalue weighted by molar-refractivity contribution is 0.181. The van der Waals surface area contributed by atoms with Crippen molar-refractivity contribution in [3.8, 4) is 0 Å². The first-order chi connectivity index (χ1) is 20.2. The van der Waals surface area contributed by atoms with Gasteiger partial charge in [0, 0.05) is 65.7 Å². The molecule has 0 aliphatic heterocycles. The molecule has 1 aliphatic rings. The molecular formula is C34H52N6OS. The third-order valence-corrected chi connectivity index (χ3v) is 9.04. The van der Waals surface area contributed by atoms with Gasteiger partial charge in [-0.25, -0.2) is 0 Å². The van der Waals surface area contributed by atoms with Crippen LogP contribution in [0.4, 0.5) is 5.69 Å². The predicted molar refractivity (Wildman–Crippen MR) is 184 cm³/mol. The van der Waals surface area contributed by atoms with E-state index in [9.17, 15) is 0 Å². The summed E-state index contributed by atoms with van der Waals surface area (Å²) in [7, 11) is 1.71. The van der Waals surface area contributed by atoms with Crippen LogP contribution >= 0.6 is 11.8 Å². The van der Waals surface area contributed by atoms with E-state index in [-0.39, 0.29) is 10.7 Å². The fourth-order valence-corrected chi connectivity index (χ4v) is 6.61. The number of methoxy groups -OCH3 is 1. The summed E-state index contributed by atoms with van der Waals surface area (Å²) in [6.07, 6.45) is 8.01. The Morgan fingerprint density at radius 2 is 1.67 bits per heavy atom. The van der Waals surface area contributed by atoms with Crippen molar-refractivity contribution < 1.29 is 4.74 Å². The Kier molecular flexibility index (Phi) is 15.0. The van der Waals surface area contributed by atoms with Crippen molar-refractivity contribution in [1.29, 1.82) is 0 Å². The lowest BCUT2D eigenvalue weighted by Crippen LogP contribution is -2.47. The summed E-state index contributed by atoms with van der Waals surface area (Å²) in [5.74, 6) is 1.39. The van der Waals surface area contributed by atoms with Gasteiger partial charge in [0.05, 0.1) is 17.7 Å². The number of ether oxygens (including phenoxy) is 1. The summed E-state index contributed by atoms with van der Waals surface area (Å²) in [5, 5.41) is 12.7. The number of nitrogens with zero attached hydrogens (tertiary/aromatic N) is 1. The first-order valence-corrected chi connectivity index (χ1v) is 15.7. The topological polar surface area (TPSA) is 102 Å². The molecule has 7 N–H and O–H groups in total. The molecule has 0 saturated heterocycles. The van der Waals surface area contributed by atoms with Crippen molar-refractivity contribution in [3.63, 3.8) is 0 Å². The van der Waals surface area contributed by atoms with Gasteiger partial charge in [0.15, 0.2) is 0 Å². The zero-order valence-electron chi connectivity index (χ0n) is 25.6. The van der Waals surface area contributed by atoms with E-state index in [1.165, 1.54) is 12.6 Å². The number of rotatable bonds is 19. The Hall–Kier alpha value is -3.49. The molecule has 0 amide bonds. The van der Waals surface area contributed by atoms with Gasteiger partial charge in [-0.3, -0.25) is 0 Å². The summed E-state index contributed by atoms with van der Waals surface area (Å²) in [4.78, 5) is 0. The molecule has 8 heteroatoms. The lowest BCUT2D eigenvalue weighted by atomic mass is 9.63. The van der Waals surface area contributed by atoms with E-state index in [0.29, 0.717) is 12.4 Å². The van der Waals surface area contributed by atoms with Gasteiger partial charge in [-0.15, -0.1) is 11.8 Å². The molecule has 230 valence electrons. The van der Waals surface area contributed by atoms with Crippen molar-refractivity contribution in [2.24, 2.45) is 16.9 Å². The minimum Gasteiger partial charge on any atom is -0.405 e. The quantitative estimate of drug-likeness (QED) is 0.150. The van der Waals surface area contributed by atoms with Crippen molar-refractivity contribution in [1.82, 2.24) is 15.2 Å². The van der Waals surface area contributed by atoms with E-state index in [2.05, 4.69) is 90.0 Å². The van der Waals surface area contributed by atoms with E-state index >= 15 is 0 Å². The van der Waals surface area contributed by atoms with Crippen molar-refractivity contribution in [3.05, 3.63) is 102 Å². The van der Waals surface area contributed by atoms with Crippen molar-refractivity contribution in [2.45, 2.75) is 56.9 Å². The van der Waals surface area contributed by atoms with E-state index in [1.54, 1.807) is 7.11 Å². The van der Waals surface area contributed by atoms with Crippen molar-refractivity contribution >= 4 is 30.6 Å². The molecule has 0 bridgehead atoms. The number of hydrogen-bond acceptors (Lipinski definition) is 7. The van der Waals surface area contributed by atoms with Crippen LogP contribution in [0.15, 0.2) is 86.1 Å². The highest BCUT2D eigenvalue weighted by atomic mass is 32.2. The van der Waals surface area contributed by atoms with Crippen LogP contribution in [0.5, 0.6) is 0 Å². The second-order valence-corrected chi connectivity index (χ2v) is 11.9. The van der Waals surface area contributed by atoms with E-state index in [1.807, 2.05) is 23.9 Å². The molecule has 0 spiro atoms. The summed E-state index contributed by atoms with van der Waals surface area (Å²) in [6.45, 7) is 27.4. The fourth-order valence-electron chi connectivity index (χ4n) is 5.19. The van der Waals surface area contributed by atoms with Crippen LogP contribution in [0.2, 0.25) is 0 Å². The van der Waals surface area contributed by atoms with E-state index in [4.69, 9.17) is 10.5 Å². The van der Waals surface area contributed by atoms with Gasteiger partial charge in [0.25, 0.3) is 0 Å². The molecule has 1 aromatic carbocycles. The van der Waals surface area contributed by atoms with Gasteiger partial charge in [-0.1, -0.05) is 58.0 Å². The highest BCUT2D eigenvalue weighted by Crippen LogP contribution is 2.54. The number of thioether (sulfide) groups is 1. The van der Waals surface area contributed by atoms with Crippen LogP contribution < -0.4 is 38.1 Å². The van der Waals surface area contributed by atoms with Gasteiger partial charge in [-0.2, -0.15) is 0 Å². The lowest BCUT2D eigenvalue weighted by Gasteiger charge is -2.49. The van der Waals surface area contributed by atoms with Gasteiger partial charge < -0.3 is 36.7 Å². The van der Waals surface area contributed by atoms with E-state index < -0.39 is 0 Å². The van der Waals surface area contributed by atoms with Crippen LogP contribution in [0.1, 0.15) is 44.1 Å². The van der Waals surface area contributed by atoms with Crippen LogP contribution in [-0.2, 0) is 17.9 Å². The van der Waals surface area contributed by atoms with Crippen LogP contribution in [0.3, 0.4) is 0 Å². The molecule has 3 rings (SSSR count). The summed E-state index contributed by atoms with van der Waals surface area (Å²) in [5.41, 5.74) is 14.6. The highest BCUT2D eigenvalue weighted by Gasteiger charge is 2.47. The second-order valence-electron chi connectivity index (χ2n) is 10.7. The third-order valence-electron chi connectivity index (χ3n) is 7.53. The average molecular weight is 593 g/mol. The van der Waals surface area contributed by atoms with Gasteiger partial charge in [0.2, 0.25) is 0 Å². The third kappa shape index (κ3) is 10.4. The number of unbranched alkanes of at least 4 members (excludes halogenated alkanes) is 2. The predicted octanol–water partition coefficient (Wildman–Crippen LogP) is 4.73. The Morgan fingerprint density at radius 3 is 2.21 bits per heavy atom. The SMILES string of the molecule is C=C(N)NCCSC(C(=C)Nc1ccc(COC)cc1)C1(C(=C)NCCCCCn2c(=C)ccc2=C)CCC1.C=CN.